The topological polar surface area (TPSA) is 134 Å². The second kappa shape index (κ2) is 14.7. The summed E-state index contributed by atoms with van der Waals surface area (Å²) in [5.74, 6) is -1.51. The number of nitrogens with one attached hydrogen (secondary N) is 2. The van der Waals surface area contributed by atoms with E-state index >= 15 is 0 Å². The number of amides is 3. The van der Waals surface area contributed by atoms with Crippen LogP contribution >= 0.6 is 12.6 Å². The van der Waals surface area contributed by atoms with Crippen LogP contribution in [0, 0.1) is 5.92 Å². The number of nitrogens with zero attached hydrogens (tertiary/aromatic N) is 1. The van der Waals surface area contributed by atoms with Crippen molar-refractivity contribution in [3.05, 3.63) is 29.8 Å². The summed E-state index contributed by atoms with van der Waals surface area (Å²) in [6.07, 6.45) is 0.571. The molecule has 0 aromatic heterocycles. The van der Waals surface area contributed by atoms with E-state index in [0.29, 0.717) is 17.9 Å². The molecule has 1 rings (SSSR count). The Morgan fingerprint density at radius 1 is 1.05 bits per heavy atom. The maximum absolute atomic E-state index is 13.9. The Morgan fingerprint density at radius 2 is 1.65 bits per heavy atom. The lowest BCUT2D eigenvalue weighted by atomic mass is 9.97. The van der Waals surface area contributed by atoms with Gasteiger partial charge >= 0.3 is 12.1 Å². The van der Waals surface area contributed by atoms with Crippen LogP contribution in [-0.2, 0) is 23.9 Å². The smallest absolute Gasteiger partial charge is 0.408 e. The molecular weight excluding hydrogens is 498 g/mol. The number of thiol groups is 1. The molecule has 0 aliphatic heterocycles. The molecule has 10 nitrogen and oxygen atoms in total. The summed E-state index contributed by atoms with van der Waals surface area (Å²) < 4.78 is 9.93. The van der Waals surface area contributed by atoms with Crippen molar-refractivity contribution < 1.29 is 33.8 Å². The van der Waals surface area contributed by atoms with Crippen LogP contribution in [0.1, 0.15) is 66.0 Å². The van der Waals surface area contributed by atoms with Gasteiger partial charge in [0.05, 0.1) is 7.11 Å². The standard InChI is InChI=1S/C26H41N3O7S/c1-16(2)8-9-17(3)29(24(33)20(15-37)28-25(34)36-26(4,5)6)22(18-10-12-19(30)13-11-18)23(32)27-14-21(31)35-7/h10-13,16-17,20,22,30,37H,8-9,14-15H2,1-7H3,(H,27,32)(H,28,34). The molecule has 0 spiro atoms. The number of carbonyl (C=O) groups excluding carboxylic acids is 4. The van der Waals surface area contributed by atoms with Gasteiger partial charge in [-0.3, -0.25) is 14.4 Å². The van der Waals surface area contributed by atoms with Crippen molar-refractivity contribution in [3.8, 4) is 5.75 Å². The predicted octanol–water partition coefficient (Wildman–Crippen LogP) is 3.20. The summed E-state index contributed by atoms with van der Waals surface area (Å²) in [7, 11) is 1.20. The van der Waals surface area contributed by atoms with Crippen LogP contribution in [0.25, 0.3) is 0 Å². The van der Waals surface area contributed by atoms with E-state index in [0.717, 1.165) is 6.42 Å². The highest BCUT2D eigenvalue weighted by Crippen LogP contribution is 2.28. The minimum atomic E-state index is -1.16. The molecule has 1 aromatic rings. The maximum Gasteiger partial charge on any atom is 0.408 e. The van der Waals surface area contributed by atoms with E-state index in [1.807, 2.05) is 6.92 Å². The van der Waals surface area contributed by atoms with E-state index in [4.69, 9.17) is 4.74 Å². The van der Waals surface area contributed by atoms with Gasteiger partial charge in [-0.25, -0.2) is 4.79 Å². The van der Waals surface area contributed by atoms with E-state index in [1.165, 1.54) is 36.3 Å². The Balaban J connectivity index is 3.49. The van der Waals surface area contributed by atoms with E-state index < -0.39 is 54.1 Å². The minimum Gasteiger partial charge on any atom is -0.508 e. The van der Waals surface area contributed by atoms with Gasteiger partial charge < -0.3 is 30.1 Å². The van der Waals surface area contributed by atoms with Crippen LogP contribution in [0.4, 0.5) is 4.79 Å². The first kappa shape index (κ1) is 32.1. The summed E-state index contributed by atoms with van der Waals surface area (Å²) >= 11 is 4.28. The largest absolute Gasteiger partial charge is 0.508 e. The zero-order chi connectivity index (χ0) is 28.3. The van der Waals surface area contributed by atoms with Crippen LogP contribution in [0.3, 0.4) is 0 Å². The number of esters is 1. The van der Waals surface area contributed by atoms with Crippen LogP contribution in [0.5, 0.6) is 5.75 Å². The van der Waals surface area contributed by atoms with Crippen molar-refractivity contribution >= 4 is 36.5 Å². The van der Waals surface area contributed by atoms with E-state index in [1.54, 1.807) is 20.8 Å². The van der Waals surface area contributed by atoms with Crippen molar-refractivity contribution in [2.75, 3.05) is 19.4 Å². The monoisotopic (exact) mass is 539 g/mol. The lowest BCUT2D eigenvalue weighted by Crippen LogP contribution is -2.56. The normalized spacial score (nSPS) is 13.8. The zero-order valence-corrected chi connectivity index (χ0v) is 23.6. The fraction of sp³-hybridized carbons (Fsp3) is 0.615. The molecule has 11 heteroatoms. The number of hydrogen-bond acceptors (Lipinski definition) is 8. The van der Waals surface area contributed by atoms with Crippen LogP contribution in [0.2, 0.25) is 0 Å². The summed E-state index contributed by atoms with van der Waals surface area (Å²) in [5.41, 5.74) is -0.360. The molecule has 208 valence electrons. The number of rotatable bonds is 12. The fourth-order valence-corrected chi connectivity index (χ4v) is 3.80. The Bertz CT molecular complexity index is 916. The number of methoxy groups -OCH3 is 1. The van der Waals surface area contributed by atoms with E-state index in [2.05, 4.69) is 41.8 Å². The lowest BCUT2D eigenvalue weighted by Gasteiger charge is -2.38. The average Bonchev–Trinajstić information content (AvgIpc) is 2.81. The Hall–Kier alpha value is -2.95. The predicted molar refractivity (Wildman–Crippen MR) is 143 cm³/mol. The van der Waals surface area contributed by atoms with Gasteiger partial charge in [0.2, 0.25) is 11.8 Å². The molecular formula is C26H41N3O7S. The van der Waals surface area contributed by atoms with Crippen LogP contribution in [-0.4, -0.2) is 71.0 Å². The molecule has 0 aliphatic rings. The van der Waals surface area contributed by atoms with Crippen molar-refractivity contribution in [3.63, 3.8) is 0 Å². The highest BCUT2D eigenvalue weighted by atomic mass is 32.1. The molecule has 0 bridgehead atoms. The Morgan fingerprint density at radius 3 is 2.14 bits per heavy atom. The SMILES string of the molecule is COC(=O)CNC(=O)C(c1ccc(O)cc1)N(C(=O)C(CS)NC(=O)OC(C)(C)C)C(C)CCC(C)C. The third-order valence-electron chi connectivity index (χ3n) is 5.43. The number of carbonyl (C=O) groups is 4. The first-order valence-corrected chi connectivity index (χ1v) is 12.9. The molecule has 0 fully saturated rings. The summed E-state index contributed by atoms with van der Waals surface area (Å²) in [5, 5.41) is 14.9. The summed E-state index contributed by atoms with van der Waals surface area (Å²) in [6, 6.07) is 3.20. The van der Waals surface area contributed by atoms with Gasteiger partial charge in [-0.1, -0.05) is 26.0 Å². The van der Waals surface area contributed by atoms with Gasteiger partial charge in [0.1, 0.15) is 30.0 Å². The van der Waals surface area contributed by atoms with Crippen molar-refractivity contribution in [1.82, 2.24) is 15.5 Å². The molecule has 0 saturated carbocycles. The molecule has 0 heterocycles. The van der Waals surface area contributed by atoms with Gasteiger partial charge in [-0.05, 0) is 64.2 Å². The van der Waals surface area contributed by atoms with Gasteiger partial charge in [0.25, 0.3) is 0 Å². The number of phenols is 1. The molecule has 37 heavy (non-hydrogen) atoms. The number of alkyl carbamates (subject to hydrolysis) is 1. The quantitative estimate of drug-likeness (QED) is 0.237. The average molecular weight is 540 g/mol. The molecule has 3 amide bonds. The summed E-state index contributed by atoms with van der Waals surface area (Å²) in [6.45, 7) is 10.7. The highest BCUT2D eigenvalue weighted by molar-refractivity contribution is 7.80. The molecule has 0 aliphatic carbocycles. The second-order valence-corrected chi connectivity index (χ2v) is 10.6. The van der Waals surface area contributed by atoms with Crippen molar-refractivity contribution in [2.45, 2.75) is 78.1 Å². The Kier molecular flexibility index (Phi) is 12.7. The van der Waals surface area contributed by atoms with Crippen LogP contribution < -0.4 is 10.6 Å². The highest BCUT2D eigenvalue weighted by Gasteiger charge is 2.38. The molecule has 3 N–H and O–H groups in total. The van der Waals surface area contributed by atoms with Crippen molar-refractivity contribution in [1.29, 1.82) is 0 Å². The molecule has 0 saturated heterocycles. The lowest BCUT2D eigenvalue weighted by molar-refractivity contribution is -0.146. The maximum atomic E-state index is 13.9. The number of hydrogen-bond donors (Lipinski definition) is 4. The number of aromatic hydroxyl groups is 1. The Labute approximate surface area is 224 Å². The van der Waals surface area contributed by atoms with Gasteiger partial charge in [0.15, 0.2) is 0 Å². The van der Waals surface area contributed by atoms with Gasteiger partial charge in [-0.2, -0.15) is 12.6 Å². The van der Waals surface area contributed by atoms with Gasteiger partial charge in [0, 0.05) is 11.8 Å². The first-order valence-electron chi connectivity index (χ1n) is 12.3. The number of benzene rings is 1. The summed E-state index contributed by atoms with van der Waals surface area (Å²) in [4.78, 5) is 53.0. The van der Waals surface area contributed by atoms with Crippen molar-refractivity contribution in [2.24, 2.45) is 5.92 Å². The fourth-order valence-electron chi connectivity index (χ4n) is 3.55. The van der Waals surface area contributed by atoms with Crippen LogP contribution in [0.15, 0.2) is 24.3 Å². The minimum absolute atomic E-state index is 0.0111. The molecule has 3 atom stereocenters. The van der Waals surface area contributed by atoms with E-state index in [9.17, 15) is 24.3 Å². The number of ether oxygens (including phenoxy) is 2. The first-order chi connectivity index (χ1) is 17.2. The molecule has 3 unspecified atom stereocenters. The second-order valence-electron chi connectivity index (χ2n) is 10.2. The molecule has 1 aromatic carbocycles. The van der Waals surface area contributed by atoms with E-state index in [-0.39, 0.29) is 11.5 Å². The third-order valence-corrected chi connectivity index (χ3v) is 5.80. The molecule has 0 radical (unpaired) electrons. The van der Waals surface area contributed by atoms with Gasteiger partial charge in [-0.15, -0.1) is 0 Å². The number of phenolic OH excluding ortho intramolecular Hbond substituents is 1. The third kappa shape index (κ3) is 10.9. The zero-order valence-electron chi connectivity index (χ0n) is 22.7.